The standard InChI is InChI=1S/C20H13Cl3N2O5S2.C16H11Cl2FN2O4S3/c21-13-8-9-16(24-32(28,29)20-14(22)5-3-6-15(20)23)17(11-13)25-31(26,27)19-10-12-4-1-2-7-18(12)30-19;17-12-8-14(20-27(22,23)11-5-3-10(19)4-6-11)15(9-13(12)18)21-28(24,25)16-2-1-7-26-16/h1-11,24-25H;1-9,20-21H. The van der Waals surface area contributed by atoms with E-state index in [0.717, 1.165) is 35.6 Å². The van der Waals surface area contributed by atoms with Gasteiger partial charge in [0.05, 0.1) is 47.7 Å². The Morgan fingerprint density at radius 3 is 1.67 bits per heavy atom. The van der Waals surface area contributed by atoms with Crippen LogP contribution in [0.5, 0.6) is 0 Å². The van der Waals surface area contributed by atoms with Crippen LogP contribution in [0, 0.1) is 5.82 Å². The van der Waals surface area contributed by atoms with Crippen LogP contribution in [0.1, 0.15) is 0 Å². The molecule has 0 unspecified atom stereocenters. The van der Waals surface area contributed by atoms with E-state index in [1.165, 1.54) is 60.7 Å². The lowest BCUT2D eigenvalue weighted by Gasteiger charge is -2.15. The molecule has 0 bridgehead atoms. The van der Waals surface area contributed by atoms with E-state index in [1.54, 1.807) is 35.7 Å². The molecule has 0 aliphatic rings. The fourth-order valence-corrected chi connectivity index (χ4v) is 12.0. The summed E-state index contributed by atoms with van der Waals surface area (Å²) in [6.07, 6.45) is 0. The first-order valence-corrected chi connectivity index (χ1v) is 25.0. The third-order valence-corrected chi connectivity index (χ3v) is 16.4. The number of benzene rings is 5. The molecule has 0 spiro atoms. The van der Waals surface area contributed by atoms with Gasteiger partial charge in [0, 0.05) is 16.5 Å². The van der Waals surface area contributed by atoms with Crippen molar-refractivity contribution < 1.29 is 42.5 Å². The summed E-state index contributed by atoms with van der Waals surface area (Å²) in [6, 6.07) is 25.8. The van der Waals surface area contributed by atoms with Gasteiger partial charge in [0.15, 0.2) is 0 Å². The van der Waals surface area contributed by atoms with Crippen molar-refractivity contribution in [3.8, 4) is 0 Å². The highest BCUT2D eigenvalue weighted by Gasteiger charge is 2.26. The summed E-state index contributed by atoms with van der Waals surface area (Å²) in [4.78, 5) is -0.559. The fraction of sp³-hybridized carbons (Fsp3) is 0. The Labute approximate surface area is 372 Å². The van der Waals surface area contributed by atoms with Crippen LogP contribution in [0.2, 0.25) is 25.1 Å². The average Bonchev–Trinajstić information content (AvgIpc) is 3.87. The van der Waals surface area contributed by atoms with Crippen molar-refractivity contribution in [1.29, 1.82) is 0 Å². The topological polar surface area (TPSA) is 198 Å². The molecule has 2 aromatic heterocycles. The second-order valence-electron chi connectivity index (χ2n) is 12.0. The number of sulfonamides is 4. The highest BCUT2D eigenvalue weighted by Crippen LogP contribution is 2.37. The maximum absolute atomic E-state index is 13.1. The van der Waals surface area contributed by atoms with Gasteiger partial charge < -0.3 is 4.42 Å². The molecule has 0 saturated carbocycles. The fourth-order valence-electron chi connectivity index (χ4n) is 5.05. The second-order valence-corrected chi connectivity index (χ2v) is 21.8. The van der Waals surface area contributed by atoms with Crippen molar-refractivity contribution in [3.05, 3.63) is 152 Å². The molecule has 24 heteroatoms. The summed E-state index contributed by atoms with van der Waals surface area (Å²) in [6.45, 7) is 0. The molecule has 0 radical (unpaired) electrons. The summed E-state index contributed by atoms with van der Waals surface area (Å²) in [5, 5.41) is 1.85. The number of hydrogen-bond donors (Lipinski definition) is 4. The zero-order valence-electron chi connectivity index (χ0n) is 29.5. The van der Waals surface area contributed by atoms with Crippen LogP contribution in [0.15, 0.2) is 144 Å². The lowest BCUT2D eigenvalue weighted by molar-refractivity contribution is 0.484. The first-order valence-electron chi connectivity index (χ1n) is 16.3. The second kappa shape index (κ2) is 18.0. The normalized spacial score (nSPS) is 12.0. The van der Waals surface area contributed by atoms with E-state index in [4.69, 9.17) is 62.4 Å². The molecule has 2 heterocycles. The third kappa shape index (κ3) is 10.6. The maximum atomic E-state index is 13.1. The van der Waals surface area contributed by atoms with Crippen LogP contribution in [-0.2, 0) is 40.1 Å². The molecule has 7 rings (SSSR count). The van der Waals surface area contributed by atoms with Gasteiger partial charge in [0.1, 0.15) is 20.5 Å². The van der Waals surface area contributed by atoms with Gasteiger partial charge in [-0.05, 0) is 84.2 Å². The number of furan rings is 1. The van der Waals surface area contributed by atoms with Gasteiger partial charge in [-0.3, -0.25) is 18.9 Å². The van der Waals surface area contributed by atoms with Crippen LogP contribution < -0.4 is 18.9 Å². The minimum Gasteiger partial charge on any atom is -0.443 e. The van der Waals surface area contributed by atoms with E-state index in [-0.39, 0.29) is 67.0 Å². The molecular formula is C36H24Cl5FN4O9S5. The molecule has 0 saturated heterocycles. The molecular weight excluding hydrogens is 989 g/mol. The highest BCUT2D eigenvalue weighted by molar-refractivity contribution is 7.95. The predicted octanol–water partition coefficient (Wildman–Crippen LogP) is 10.8. The number of fused-ring (bicyclic) bond motifs is 1. The third-order valence-electron chi connectivity index (χ3n) is 7.76. The Morgan fingerprint density at radius 2 is 1.07 bits per heavy atom. The van der Waals surface area contributed by atoms with E-state index in [2.05, 4.69) is 18.9 Å². The van der Waals surface area contributed by atoms with Crippen LogP contribution in [0.3, 0.4) is 0 Å². The monoisotopic (exact) mass is 1010 g/mol. The molecule has 7 aromatic rings. The van der Waals surface area contributed by atoms with E-state index < -0.39 is 45.9 Å². The van der Waals surface area contributed by atoms with Crippen molar-refractivity contribution in [2.75, 3.05) is 18.9 Å². The zero-order valence-corrected chi connectivity index (χ0v) is 37.4. The number of thiophene rings is 1. The van der Waals surface area contributed by atoms with Gasteiger partial charge in [0.2, 0.25) is 5.09 Å². The summed E-state index contributed by atoms with van der Waals surface area (Å²) in [5.41, 5.74) is -0.0876. The van der Waals surface area contributed by atoms with Crippen LogP contribution in [-0.4, -0.2) is 33.7 Å². The van der Waals surface area contributed by atoms with Gasteiger partial charge in [-0.2, -0.15) is 8.42 Å². The Balaban J connectivity index is 0.000000203. The van der Waals surface area contributed by atoms with E-state index in [1.807, 2.05) is 0 Å². The Kier molecular flexibility index (Phi) is 13.6. The number of rotatable bonds is 12. The Bertz CT molecular complexity index is 3140. The molecule has 13 nitrogen and oxygen atoms in total. The quantitative estimate of drug-likeness (QED) is 0.0920. The van der Waals surface area contributed by atoms with Crippen molar-refractivity contribution in [3.63, 3.8) is 0 Å². The summed E-state index contributed by atoms with van der Waals surface area (Å²) in [7, 11) is -16.6. The van der Waals surface area contributed by atoms with Gasteiger partial charge in [0.25, 0.3) is 40.1 Å². The molecule has 0 amide bonds. The summed E-state index contributed by atoms with van der Waals surface area (Å²) >= 11 is 31.0. The smallest absolute Gasteiger partial charge is 0.295 e. The van der Waals surface area contributed by atoms with Gasteiger partial charge in [-0.1, -0.05) is 88.3 Å². The molecule has 0 fully saturated rings. The molecule has 60 heavy (non-hydrogen) atoms. The van der Waals surface area contributed by atoms with Gasteiger partial charge in [-0.25, -0.2) is 29.6 Å². The Morgan fingerprint density at radius 1 is 0.500 bits per heavy atom. The molecule has 5 aromatic carbocycles. The number of anilines is 4. The van der Waals surface area contributed by atoms with Crippen molar-refractivity contribution in [1.82, 2.24) is 0 Å². The van der Waals surface area contributed by atoms with E-state index in [0.29, 0.717) is 11.0 Å². The Hall–Kier alpha value is -4.28. The molecule has 4 N–H and O–H groups in total. The van der Waals surface area contributed by atoms with Crippen LogP contribution in [0.25, 0.3) is 11.0 Å². The van der Waals surface area contributed by atoms with Gasteiger partial charge in [-0.15, -0.1) is 11.3 Å². The lowest BCUT2D eigenvalue weighted by Crippen LogP contribution is -2.18. The summed E-state index contributed by atoms with van der Waals surface area (Å²) in [5.74, 6) is -0.599. The predicted molar refractivity (Wildman–Crippen MR) is 235 cm³/mol. The average molecular weight is 1010 g/mol. The SMILES string of the molecule is O=S(=O)(Nc1cc(Cl)c(Cl)cc1NS(=O)(=O)c1cccs1)c1ccc(F)cc1.O=S(=O)(Nc1cc(Cl)ccc1NS(=O)(=O)c1c(Cl)cccc1Cl)c1cc2ccccc2o1. The molecule has 0 aliphatic heterocycles. The van der Waals surface area contributed by atoms with Crippen LogP contribution in [0.4, 0.5) is 27.1 Å². The number of nitrogens with one attached hydrogen (secondary N) is 4. The van der Waals surface area contributed by atoms with Crippen molar-refractivity contribution >= 4 is 143 Å². The molecule has 0 atom stereocenters. The number of halogens is 6. The van der Waals surface area contributed by atoms with E-state index >= 15 is 0 Å². The van der Waals surface area contributed by atoms with Crippen molar-refractivity contribution in [2.45, 2.75) is 19.1 Å². The van der Waals surface area contributed by atoms with E-state index in [9.17, 15) is 38.1 Å². The van der Waals surface area contributed by atoms with Crippen molar-refractivity contribution in [2.24, 2.45) is 0 Å². The maximum Gasteiger partial charge on any atom is 0.295 e. The number of para-hydroxylation sites is 1. The minimum absolute atomic E-state index is 0.0116. The first kappa shape index (κ1) is 45.3. The summed E-state index contributed by atoms with van der Waals surface area (Å²) < 4.78 is 129. The lowest BCUT2D eigenvalue weighted by atomic mass is 10.3. The highest BCUT2D eigenvalue weighted by atomic mass is 35.5. The van der Waals surface area contributed by atoms with Gasteiger partial charge >= 0.3 is 0 Å². The number of hydrogen-bond acceptors (Lipinski definition) is 10. The zero-order chi connectivity index (χ0) is 43.6. The minimum atomic E-state index is -4.27. The largest absolute Gasteiger partial charge is 0.443 e. The first-order chi connectivity index (χ1) is 28.1. The molecule has 0 aliphatic carbocycles. The molecule has 314 valence electrons. The van der Waals surface area contributed by atoms with Crippen LogP contribution >= 0.6 is 69.3 Å².